The maximum Gasteiger partial charge on any atom is 0.307 e. The molecule has 1 N–H and O–H groups in total. The largest absolute Gasteiger partial charge is 0.481 e. The Morgan fingerprint density at radius 2 is 1.80 bits per heavy atom. The average Bonchev–Trinajstić information content (AvgIpc) is 2.38. The average molecular weight is 314 g/mol. The van der Waals surface area contributed by atoms with Gasteiger partial charge in [0.1, 0.15) is 0 Å². The lowest BCUT2D eigenvalue weighted by Crippen LogP contribution is -2.28. The lowest BCUT2D eigenvalue weighted by Gasteiger charge is -2.27. The third kappa shape index (κ3) is 3.76. The molecule has 110 valence electrons. The summed E-state index contributed by atoms with van der Waals surface area (Å²) in [6.07, 6.45) is 4.84. The van der Waals surface area contributed by atoms with Gasteiger partial charge in [0.05, 0.1) is 10.8 Å². The van der Waals surface area contributed by atoms with Crippen LogP contribution in [0.2, 0.25) is 0 Å². The van der Waals surface area contributed by atoms with Gasteiger partial charge in [-0.05, 0) is 37.1 Å². The van der Waals surface area contributed by atoms with Crippen molar-refractivity contribution in [3.8, 4) is 0 Å². The number of aliphatic carboxylic acids is 1. The van der Waals surface area contributed by atoms with Crippen molar-refractivity contribution in [2.75, 3.05) is 6.26 Å². The van der Waals surface area contributed by atoms with Crippen LogP contribution in [0.3, 0.4) is 0 Å². The smallest absolute Gasteiger partial charge is 0.307 e. The Morgan fingerprint density at radius 3 is 2.35 bits per heavy atom. The lowest BCUT2D eigenvalue weighted by molar-refractivity contribution is -0.142. The molecule has 20 heavy (non-hydrogen) atoms. The fourth-order valence-corrected chi connectivity index (χ4v) is 4.44. The van der Waals surface area contributed by atoms with E-state index in [1.807, 2.05) is 0 Å². The second-order valence-electron chi connectivity index (χ2n) is 5.13. The number of carboxylic acid groups (broad SMARTS) is 1. The van der Waals surface area contributed by atoms with Crippen molar-refractivity contribution in [3.63, 3.8) is 0 Å². The van der Waals surface area contributed by atoms with E-state index in [2.05, 4.69) is 0 Å². The summed E-state index contributed by atoms with van der Waals surface area (Å²) in [4.78, 5) is 12.5. The predicted octanol–water partition coefficient (Wildman–Crippen LogP) is 2.83. The first-order valence-corrected chi connectivity index (χ1v) is 9.34. The number of thioether (sulfide) groups is 1. The Labute approximate surface area is 123 Å². The third-order valence-electron chi connectivity index (χ3n) is 3.56. The molecule has 1 aliphatic carbocycles. The van der Waals surface area contributed by atoms with Crippen LogP contribution in [0.15, 0.2) is 34.1 Å². The Hall–Kier alpha value is -1.01. The van der Waals surface area contributed by atoms with Crippen LogP contribution in [0, 0.1) is 5.92 Å². The van der Waals surface area contributed by atoms with Crippen molar-refractivity contribution >= 4 is 27.6 Å². The van der Waals surface area contributed by atoms with Gasteiger partial charge in [0.2, 0.25) is 0 Å². The van der Waals surface area contributed by atoms with Gasteiger partial charge >= 0.3 is 5.97 Å². The molecule has 0 bridgehead atoms. The summed E-state index contributed by atoms with van der Waals surface area (Å²) in [6.45, 7) is 0. The Bertz CT molecular complexity index is 578. The number of carboxylic acids is 1. The molecule has 1 aliphatic rings. The van der Waals surface area contributed by atoms with Crippen LogP contribution in [0.25, 0.3) is 0 Å². The fraction of sp³-hybridized carbons (Fsp3) is 0.500. The van der Waals surface area contributed by atoms with Crippen molar-refractivity contribution in [1.82, 2.24) is 0 Å². The van der Waals surface area contributed by atoms with Gasteiger partial charge in [-0.3, -0.25) is 4.79 Å². The predicted molar refractivity (Wildman–Crippen MR) is 78.8 cm³/mol. The summed E-state index contributed by atoms with van der Waals surface area (Å²) < 4.78 is 22.8. The van der Waals surface area contributed by atoms with Gasteiger partial charge in [-0.2, -0.15) is 0 Å². The van der Waals surface area contributed by atoms with Crippen molar-refractivity contribution in [3.05, 3.63) is 24.3 Å². The molecule has 0 amide bonds. The summed E-state index contributed by atoms with van der Waals surface area (Å²) >= 11 is 1.54. The van der Waals surface area contributed by atoms with Crippen molar-refractivity contribution in [2.24, 2.45) is 5.92 Å². The van der Waals surface area contributed by atoms with Crippen LogP contribution >= 0.6 is 11.8 Å². The van der Waals surface area contributed by atoms with Crippen LogP contribution in [-0.2, 0) is 14.6 Å². The van der Waals surface area contributed by atoms with Gasteiger partial charge in [0.25, 0.3) is 0 Å². The minimum Gasteiger partial charge on any atom is -0.481 e. The zero-order chi connectivity index (χ0) is 14.8. The first-order chi connectivity index (χ1) is 9.38. The van der Waals surface area contributed by atoms with Crippen molar-refractivity contribution in [2.45, 2.75) is 40.7 Å². The second kappa shape index (κ2) is 6.18. The van der Waals surface area contributed by atoms with Gasteiger partial charge in [-0.1, -0.05) is 12.8 Å². The van der Waals surface area contributed by atoms with E-state index in [1.54, 1.807) is 36.0 Å². The highest BCUT2D eigenvalue weighted by Crippen LogP contribution is 2.37. The molecule has 4 nitrogen and oxygen atoms in total. The van der Waals surface area contributed by atoms with E-state index in [1.165, 1.54) is 6.26 Å². The molecule has 1 saturated carbocycles. The third-order valence-corrected chi connectivity index (χ3v) is 6.10. The lowest BCUT2D eigenvalue weighted by atomic mass is 9.89. The Kier molecular flexibility index (Phi) is 4.75. The van der Waals surface area contributed by atoms with Gasteiger partial charge in [0, 0.05) is 16.4 Å². The molecule has 2 unspecified atom stereocenters. The molecule has 0 spiro atoms. The van der Waals surface area contributed by atoms with E-state index in [0.29, 0.717) is 4.90 Å². The van der Waals surface area contributed by atoms with Crippen molar-refractivity contribution < 1.29 is 18.3 Å². The van der Waals surface area contributed by atoms with Crippen LogP contribution in [0.4, 0.5) is 0 Å². The molecule has 2 atom stereocenters. The number of sulfone groups is 1. The summed E-state index contributed by atoms with van der Waals surface area (Å²) in [5.41, 5.74) is 0. The number of hydrogen-bond acceptors (Lipinski definition) is 4. The van der Waals surface area contributed by atoms with E-state index in [0.717, 1.165) is 30.6 Å². The van der Waals surface area contributed by atoms with E-state index >= 15 is 0 Å². The van der Waals surface area contributed by atoms with Gasteiger partial charge in [-0.15, -0.1) is 11.8 Å². The molecular weight excluding hydrogens is 296 g/mol. The highest BCUT2D eigenvalue weighted by Gasteiger charge is 2.31. The molecule has 0 heterocycles. The molecule has 0 radical (unpaired) electrons. The number of carbonyl (C=O) groups is 1. The summed E-state index contributed by atoms with van der Waals surface area (Å²) in [7, 11) is -3.18. The van der Waals surface area contributed by atoms with E-state index < -0.39 is 15.8 Å². The molecule has 2 rings (SSSR count). The maximum atomic E-state index is 11.4. The zero-order valence-corrected chi connectivity index (χ0v) is 12.9. The molecule has 0 saturated heterocycles. The Balaban J connectivity index is 2.11. The summed E-state index contributed by atoms with van der Waals surface area (Å²) in [5.74, 6) is -1.03. The van der Waals surface area contributed by atoms with Gasteiger partial charge in [0.15, 0.2) is 9.84 Å². The standard InChI is InChI=1S/C14H18O4S2/c1-20(17,18)11-8-6-10(7-9-11)19-13-5-3-2-4-12(13)14(15)16/h6-9,12-13H,2-5H2,1H3,(H,15,16). The Morgan fingerprint density at radius 1 is 1.20 bits per heavy atom. The van der Waals surface area contributed by atoms with E-state index in [-0.39, 0.29) is 11.2 Å². The quantitative estimate of drug-likeness (QED) is 0.925. The van der Waals surface area contributed by atoms with Crippen LogP contribution in [0.5, 0.6) is 0 Å². The first-order valence-electron chi connectivity index (χ1n) is 6.57. The molecule has 1 aromatic rings. The minimum atomic E-state index is -3.18. The normalized spacial score (nSPS) is 23.4. The van der Waals surface area contributed by atoms with Gasteiger partial charge < -0.3 is 5.11 Å². The highest BCUT2D eigenvalue weighted by atomic mass is 32.2. The molecular formula is C14H18O4S2. The first kappa shape index (κ1) is 15.4. The molecule has 0 aromatic heterocycles. The topological polar surface area (TPSA) is 71.4 Å². The van der Waals surface area contributed by atoms with Crippen LogP contribution in [0.1, 0.15) is 25.7 Å². The van der Waals surface area contributed by atoms with E-state index in [9.17, 15) is 18.3 Å². The number of rotatable bonds is 4. The van der Waals surface area contributed by atoms with E-state index in [4.69, 9.17) is 0 Å². The summed E-state index contributed by atoms with van der Waals surface area (Å²) in [6, 6.07) is 6.68. The number of hydrogen-bond donors (Lipinski definition) is 1. The molecule has 6 heteroatoms. The highest BCUT2D eigenvalue weighted by molar-refractivity contribution is 8.00. The molecule has 1 aromatic carbocycles. The second-order valence-corrected chi connectivity index (χ2v) is 8.46. The fourth-order valence-electron chi connectivity index (χ4n) is 2.46. The van der Waals surface area contributed by atoms with Gasteiger partial charge in [-0.25, -0.2) is 8.42 Å². The monoisotopic (exact) mass is 314 g/mol. The maximum absolute atomic E-state index is 11.4. The van der Waals surface area contributed by atoms with Crippen molar-refractivity contribution in [1.29, 1.82) is 0 Å². The molecule has 1 fully saturated rings. The van der Waals surface area contributed by atoms with Crippen LogP contribution < -0.4 is 0 Å². The van der Waals surface area contributed by atoms with Crippen LogP contribution in [-0.4, -0.2) is 31.0 Å². The minimum absolute atomic E-state index is 0.0744. The molecule has 0 aliphatic heterocycles. The SMILES string of the molecule is CS(=O)(=O)c1ccc(SC2CCCCC2C(=O)O)cc1. The summed E-state index contributed by atoms with van der Waals surface area (Å²) in [5, 5.41) is 9.32. The number of benzene rings is 1. The zero-order valence-electron chi connectivity index (χ0n) is 11.3.